The number of nitrogens with one attached hydrogen (secondary N) is 1. The summed E-state index contributed by atoms with van der Waals surface area (Å²) in [6.07, 6.45) is 0.0810. The molecule has 5 nitrogen and oxygen atoms in total. The summed E-state index contributed by atoms with van der Waals surface area (Å²) in [4.78, 5) is 25.7. The summed E-state index contributed by atoms with van der Waals surface area (Å²) >= 11 is 0. The monoisotopic (exact) mass is 312 g/mol. The quantitative estimate of drug-likeness (QED) is 0.902. The van der Waals surface area contributed by atoms with Crippen LogP contribution in [0.4, 0.5) is 14.5 Å². The van der Waals surface area contributed by atoms with E-state index < -0.39 is 23.5 Å². The smallest absolute Gasteiger partial charge is 0.229 e. The number of benzene rings is 1. The van der Waals surface area contributed by atoms with Crippen molar-refractivity contribution in [2.45, 2.75) is 19.4 Å². The standard InChI is InChI=1S/C15H18F2N2O3/c1-9(8-22-2)19-7-10(3-14(19)20)15(21)18-13-5-11(16)4-12(17)6-13/h4-6,9-10H,3,7-8H2,1-2H3,(H,18,21). The van der Waals surface area contributed by atoms with Crippen LogP contribution in [0.2, 0.25) is 0 Å². The fourth-order valence-electron chi connectivity index (χ4n) is 2.53. The lowest BCUT2D eigenvalue weighted by Gasteiger charge is -2.23. The van der Waals surface area contributed by atoms with E-state index in [-0.39, 0.29) is 30.6 Å². The summed E-state index contributed by atoms with van der Waals surface area (Å²) in [5, 5.41) is 2.45. The number of carbonyl (C=O) groups is 2. The van der Waals surface area contributed by atoms with Crippen LogP contribution in [0.15, 0.2) is 18.2 Å². The van der Waals surface area contributed by atoms with Crippen molar-refractivity contribution < 1.29 is 23.1 Å². The Hall–Kier alpha value is -2.02. The van der Waals surface area contributed by atoms with Gasteiger partial charge in [0.15, 0.2) is 0 Å². The maximum Gasteiger partial charge on any atom is 0.229 e. The summed E-state index contributed by atoms with van der Waals surface area (Å²) < 4.78 is 31.2. The summed E-state index contributed by atoms with van der Waals surface area (Å²) in [6, 6.07) is 2.66. The largest absolute Gasteiger partial charge is 0.383 e. The van der Waals surface area contributed by atoms with Gasteiger partial charge in [-0.15, -0.1) is 0 Å². The first-order valence-electron chi connectivity index (χ1n) is 6.96. The number of methoxy groups -OCH3 is 1. The van der Waals surface area contributed by atoms with Crippen molar-refractivity contribution in [3.8, 4) is 0 Å². The number of likely N-dealkylation sites (tertiary alicyclic amines) is 1. The van der Waals surface area contributed by atoms with E-state index in [1.54, 1.807) is 12.0 Å². The Morgan fingerprint density at radius 2 is 2.05 bits per heavy atom. The molecule has 0 aromatic heterocycles. The van der Waals surface area contributed by atoms with Crippen LogP contribution in [0, 0.1) is 17.6 Å². The highest BCUT2D eigenvalue weighted by molar-refractivity contribution is 5.97. The number of halogens is 2. The molecular formula is C15H18F2N2O3. The van der Waals surface area contributed by atoms with Gasteiger partial charge in [0.05, 0.1) is 18.6 Å². The van der Waals surface area contributed by atoms with Gasteiger partial charge in [0.25, 0.3) is 0 Å². The van der Waals surface area contributed by atoms with Gasteiger partial charge >= 0.3 is 0 Å². The fraction of sp³-hybridized carbons (Fsp3) is 0.467. The zero-order chi connectivity index (χ0) is 16.3. The van der Waals surface area contributed by atoms with Gasteiger partial charge in [0.1, 0.15) is 11.6 Å². The van der Waals surface area contributed by atoms with Crippen LogP contribution in [0.1, 0.15) is 13.3 Å². The van der Waals surface area contributed by atoms with Gasteiger partial charge in [-0.2, -0.15) is 0 Å². The van der Waals surface area contributed by atoms with Crippen molar-refractivity contribution in [2.24, 2.45) is 5.92 Å². The van der Waals surface area contributed by atoms with E-state index in [9.17, 15) is 18.4 Å². The van der Waals surface area contributed by atoms with Crippen molar-refractivity contribution >= 4 is 17.5 Å². The molecular weight excluding hydrogens is 294 g/mol. The van der Waals surface area contributed by atoms with E-state index >= 15 is 0 Å². The highest BCUT2D eigenvalue weighted by atomic mass is 19.1. The first kappa shape index (κ1) is 16.4. The number of hydrogen-bond donors (Lipinski definition) is 1. The van der Waals surface area contributed by atoms with E-state index in [4.69, 9.17) is 4.74 Å². The van der Waals surface area contributed by atoms with Gasteiger partial charge in [0, 0.05) is 31.8 Å². The summed E-state index contributed by atoms with van der Waals surface area (Å²) in [5.74, 6) is -2.64. The Labute approximate surface area is 127 Å². The Kier molecular flexibility index (Phi) is 5.07. The van der Waals surface area contributed by atoms with Crippen LogP contribution in [0.25, 0.3) is 0 Å². The predicted octanol–water partition coefficient (Wildman–Crippen LogP) is 1.79. The van der Waals surface area contributed by atoms with Crippen LogP contribution in [0.3, 0.4) is 0 Å². The molecule has 22 heavy (non-hydrogen) atoms. The van der Waals surface area contributed by atoms with Crippen molar-refractivity contribution in [3.63, 3.8) is 0 Å². The van der Waals surface area contributed by atoms with Crippen LogP contribution < -0.4 is 5.32 Å². The Bertz CT molecular complexity index is 560. The van der Waals surface area contributed by atoms with Crippen molar-refractivity contribution in [3.05, 3.63) is 29.8 Å². The lowest BCUT2D eigenvalue weighted by molar-refractivity contribution is -0.130. The van der Waals surface area contributed by atoms with Gasteiger partial charge in [-0.25, -0.2) is 8.78 Å². The predicted molar refractivity (Wildman–Crippen MR) is 76.1 cm³/mol. The number of amides is 2. The van der Waals surface area contributed by atoms with Crippen LogP contribution >= 0.6 is 0 Å². The lowest BCUT2D eigenvalue weighted by Crippen LogP contribution is -2.38. The third kappa shape index (κ3) is 3.79. The minimum atomic E-state index is -0.770. The zero-order valence-electron chi connectivity index (χ0n) is 12.4. The molecule has 1 heterocycles. The molecule has 1 aromatic rings. The molecule has 0 spiro atoms. The number of ether oxygens (including phenoxy) is 1. The molecule has 0 aliphatic carbocycles. The number of nitrogens with zero attached hydrogens (tertiary/aromatic N) is 1. The number of carbonyl (C=O) groups excluding carboxylic acids is 2. The number of anilines is 1. The molecule has 1 N–H and O–H groups in total. The molecule has 1 aliphatic rings. The normalized spacial score (nSPS) is 19.4. The molecule has 7 heteroatoms. The summed E-state index contributed by atoms with van der Waals surface area (Å²) in [7, 11) is 1.54. The van der Waals surface area contributed by atoms with Crippen molar-refractivity contribution in [1.82, 2.24) is 4.90 Å². The molecule has 0 saturated carbocycles. The van der Waals surface area contributed by atoms with E-state index in [1.165, 1.54) is 0 Å². The number of hydrogen-bond acceptors (Lipinski definition) is 3. The first-order chi connectivity index (χ1) is 10.4. The Balaban J connectivity index is 2.00. The van der Waals surface area contributed by atoms with Crippen LogP contribution in [-0.4, -0.2) is 43.0 Å². The topological polar surface area (TPSA) is 58.6 Å². The SMILES string of the molecule is COCC(C)N1CC(C(=O)Nc2cc(F)cc(F)c2)CC1=O. The van der Waals surface area contributed by atoms with Crippen molar-refractivity contribution in [1.29, 1.82) is 0 Å². The molecule has 1 aromatic carbocycles. The Morgan fingerprint density at radius 1 is 1.41 bits per heavy atom. The highest BCUT2D eigenvalue weighted by Crippen LogP contribution is 2.22. The van der Waals surface area contributed by atoms with E-state index in [0.717, 1.165) is 18.2 Å². The molecule has 0 bridgehead atoms. The molecule has 2 unspecified atom stereocenters. The maximum atomic E-state index is 13.1. The molecule has 2 amide bonds. The summed E-state index contributed by atoms with van der Waals surface area (Å²) in [5.41, 5.74) is 0.0401. The molecule has 120 valence electrons. The fourth-order valence-corrected chi connectivity index (χ4v) is 2.53. The molecule has 1 aliphatic heterocycles. The minimum absolute atomic E-state index is 0.0401. The number of rotatable bonds is 5. The van der Waals surface area contributed by atoms with Crippen LogP contribution in [0.5, 0.6) is 0 Å². The second-order valence-corrected chi connectivity index (χ2v) is 5.40. The Morgan fingerprint density at radius 3 is 2.64 bits per heavy atom. The molecule has 0 radical (unpaired) electrons. The van der Waals surface area contributed by atoms with Gasteiger partial charge in [-0.05, 0) is 19.1 Å². The first-order valence-corrected chi connectivity index (χ1v) is 6.96. The molecule has 2 rings (SSSR count). The highest BCUT2D eigenvalue weighted by Gasteiger charge is 2.36. The second-order valence-electron chi connectivity index (χ2n) is 5.40. The summed E-state index contributed by atoms with van der Waals surface area (Å²) in [6.45, 7) is 2.49. The second kappa shape index (κ2) is 6.83. The van der Waals surface area contributed by atoms with E-state index in [0.29, 0.717) is 6.61 Å². The van der Waals surface area contributed by atoms with Gasteiger partial charge in [-0.3, -0.25) is 9.59 Å². The van der Waals surface area contributed by atoms with Gasteiger partial charge < -0.3 is 15.0 Å². The average Bonchev–Trinajstić information content (AvgIpc) is 2.80. The average molecular weight is 312 g/mol. The third-order valence-electron chi connectivity index (χ3n) is 3.60. The van der Waals surface area contributed by atoms with E-state index in [2.05, 4.69) is 5.32 Å². The van der Waals surface area contributed by atoms with Gasteiger partial charge in [-0.1, -0.05) is 0 Å². The molecule has 1 saturated heterocycles. The van der Waals surface area contributed by atoms with Crippen LogP contribution in [-0.2, 0) is 14.3 Å². The van der Waals surface area contributed by atoms with E-state index in [1.807, 2.05) is 6.92 Å². The van der Waals surface area contributed by atoms with Crippen molar-refractivity contribution in [2.75, 3.05) is 25.6 Å². The minimum Gasteiger partial charge on any atom is -0.383 e. The maximum absolute atomic E-state index is 13.1. The zero-order valence-corrected chi connectivity index (χ0v) is 12.4. The van der Waals surface area contributed by atoms with Gasteiger partial charge in [0.2, 0.25) is 11.8 Å². The lowest BCUT2D eigenvalue weighted by atomic mass is 10.1. The molecule has 1 fully saturated rings. The molecule has 2 atom stereocenters. The third-order valence-corrected chi connectivity index (χ3v) is 3.60.